The number of nitrogens with zero attached hydrogens (tertiary/aromatic N) is 5. The van der Waals surface area contributed by atoms with Crippen LogP contribution in [0.5, 0.6) is 0 Å². The molecule has 1 aromatic carbocycles. The van der Waals surface area contributed by atoms with Crippen molar-refractivity contribution < 1.29 is 9.59 Å². The van der Waals surface area contributed by atoms with Crippen molar-refractivity contribution in [1.29, 1.82) is 0 Å². The van der Waals surface area contributed by atoms with E-state index < -0.39 is 0 Å². The number of thiophene rings is 3. The van der Waals surface area contributed by atoms with Crippen LogP contribution < -0.4 is 0 Å². The van der Waals surface area contributed by atoms with Gasteiger partial charge in [0.1, 0.15) is 20.0 Å². The summed E-state index contributed by atoms with van der Waals surface area (Å²) in [6.45, 7) is 18.2. The third-order valence-electron chi connectivity index (χ3n) is 17.5. The SMILES string of the molecule is CCCCCCCCC(CCCCCC)Cc1ccc(-c2nc3c(-c4ncc(-c5sc(C)c6c5C(=O)N(CC(CC)CCCC)C6=O)s4)c4sc(-c5ccc(CC(CCCCCC)CCCCCCCC)s5)nc4c(-c4ncc(C)s4)c3s2)s1. The van der Waals surface area contributed by atoms with Crippen LogP contribution in [0.2, 0.25) is 0 Å². The molecule has 8 heterocycles. The van der Waals surface area contributed by atoms with Gasteiger partial charge in [0.2, 0.25) is 0 Å². The molecule has 0 bridgehead atoms. The molecule has 0 fully saturated rings. The van der Waals surface area contributed by atoms with Gasteiger partial charge in [-0.2, -0.15) is 0 Å². The van der Waals surface area contributed by atoms with Crippen LogP contribution in [0.15, 0.2) is 36.7 Å². The highest BCUT2D eigenvalue weighted by molar-refractivity contribution is 7.29. The fourth-order valence-electron chi connectivity index (χ4n) is 12.6. The maximum absolute atomic E-state index is 14.5. The molecule has 8 aromatic rings. The second-order valence-electron chi connectivity index (χ2n) is 24.3. The van der Waals surface area contributed by atoms with Gasteiger partial charge in [-0.3, -0.25) is 14.5 Å². The van der Waals surface area contributed by atoms with Crippen LogP contribution in [-0.4, -0.2) is 43.2 Å². The number of carbonyl (C=O) groups is 2. The monoisotopic (exact) mass is 1260 g/mol. The van der Waals surface area contributed by atoms with Gasteiger partial charge < -0.3 is 0 Å². The maximum Gasteiger partial charge on any atom is 0.263 e. The molecule has 0 saturated heterocycles. The first-order chi connectivity index (χ1) is 41.1. The lowest BCUT2D eigenvalue weighted by Gasteiger charge is -2.21. The van der Waals surface area contributed by atoms with Crippen molar-refractivity contribution in [3.8, 4) is 50.7 Å². The molecule has 1 aliphatic rings. The van der Waals surface area contributed by atoms with Crippen LogP contribution in [-0.2, 0) is 12.8 Å². The molecule has 7 aromatic heterocycles. The molecule has 454 valence electrons. The summed E-state index contributed by atoms with van der Waals surface area (Å²) in [5.74, 6) is 1.39. The molecule has 3 atom stereocenters. The summed E-state index contributed by atoms with van der Waals surface area (Å²) in [7, 11) is 0. The molecule has 2 amide bonds. The number of rotatable bonds is 39. The summed E-state index contributed by atoms with van der Waals surface area (Å²) >= 11 is 12.3. The number of amides is 2. The number of carbonyl (C=O) groups excluding carboxylic acids is 2. The lowest BCUT2D eigenvalue weighted by atomic mass is 9.91. The summed E-state index contributed by atoms with van der Waals surface area (Å²) in [5, 5.41) is 3.87. The number of aryl methyl sites for hydroxylation is 2. The van der Waals surface area contributed by atoms with Crippen molar-refractivity contribution >= 4 is 112 Å². The van der Waals surface area contributed by atoms with E-state index >= 15 is 0 Å². The average Bonchev–Trinajstić information content (AvgIpc) is 1.89. The predicted octanol–water partition coefficient (Wildman–Crippen LogP) is 24.5. The predicted molar refractivity (Wildman–Crippen MR) is 371 cm³/mol. The van der Waals surface area contributed by atoms with Gasteiger partial charge in [0, 0.05) is 38.4 Å². The molecule has 7 nitrogen and oxygen atoms in total. The van der Waals surface area contributed by atoms with Crippen molar-refractivity contribution in [2.45, 2.75) is 248 Å². The molecular formula is C70H95N5O2S7. The number of fused-ring (bicyclic) bond motifs is 3. The van der Waals surface area contributed by atoms with Gasteiger partial charge in [0.25, 0.3) is 11.8 Å². The van der Waals surface area contributed by atoms with E-state index in [1.807, 2.05) is 42.0 Å². The normalized spacial score (nSPS) is 13.9. The van der Waals surface area contributed by atoms with Crippen LogP contribution in [0.1, 0.15) is 262 Å². The first-order valence-electron chi connectivity index (χ1n) is 32.9. The number of thiazole rings is 4. The summed E-state index contributed by atoms with van der Waals surface area (Å²) in [5.41, 5.74) is 5.08. The van der Waals surface area contributed by atoms with E-state index in [-0.39, 0.29) is 11.8 Å². The standard InChI is InChI=1S/C70H95N5O2S7/c1-9-15-20-24-26-30-35-49(33-28-22-17-11-3)41-51-37-39-53(80-51)65-73-60-58(67-71-43-46(7)78-67)63-61(74-66(83-63)54-40-38-52(81-54)42-50(34-29-23-18-12-4)36-31-27-25-21-16-10-2)59(64(60)84-65)68-72-44-55(82-68)62-57-56(47(8)79-62)69(76)75(70(57)77)45-48(14-6)32-19-13-5/h37-40,43-44,48-50H,9-36,41-42,45H2,1-8H3. The van der Waals surface area contributed by atoms with Gasteiger partial charge in [-0.15, -0.1) is 79.4 Å². The van der Waals surface area contributed by atoms with Gasteiger partial charge in [0.05, 0.1) is 62.2 Å². The van der Waals surface area contributed by atoms with Crippen molar-refractivity contribution in [3.05, 3.63) is 67.3 Å². The van der Waals surface area contributed by atoms with Gasteiger partial charge in [-0.05, 0) is 75.1 Å². The van der Waals surface area contributed by atoms with Gasteiger partial charge in [-0.1, -0.05) is 215 Å². The Labute approximate surface area is 532 Å². The fourth-order valence-corrected chi connectivity index (χ4v) is 20.3. The molecule has 0 N–H and O–H groups in total. The molecule has 0 aliphatic carbocycles. The van der Waals surface area contributed by atoms with Gasteiger partial charge in [0.15, 0.2) is 0 Å². The molecule has 84 heavy (non-hydrogen) atoms. The highest BCUT2D eigenvalue weighted by Gasteiger charge is 2.42. The van der Waals surface area contributed by atoms with E-state index in [0.29, 0.717) is 35.4 Å². The van der Waals surface area contributed by atoms with E-state index in [2.05, 4.69) is 72.7 Å². The van der Waals surface area contributed by atoms with Crippen LogP contribution in [0, 0.1) is 31.6 Å². The minimum absolute atomic E-state index is 0.146. The van der Waals surface area contributed by atoms with Crippen molar-refractivity contribution in [3.63, 3.8) is 0 Å². The van der Waals surface area contributed by atoms with E-state index in [4.69, 9.17) is 19.9 Å². The number of imide groups is 1. The Morgan fingerprint density at radius 1 is 0.417 bits per heavy atom. The fraction of sp³-hybridized carbons (Fsp3) is 0.600. The second-order valence-corrected chi connectivity index (χ2v) is 32.1. The third kappa shape index (κ3) is 16.2. The zero-order valence-corrected chi connectivity index (χ0v) is 57.7. The second kappa shape index (κ2) is 32.6. The Morgan fingerprint density at radius 3 is 1.33 bits per heavy atom. The zero-order chi connectivity index (χ0) is 59.0. The Kier molecular flexibility index (Phi) is 25.2. The lowest BCUT2D eigenvalue weighted by molar-refractivity contribution is 0.0624. The highest BCUT2D eigenvalue weighted by atomic mass is 32.1. The smallest absolute Gasteiger partial charge is 0.263 e. The summed E-state index contributed by atoms with van der Waals surface area (Å²) in [4.78, 5) is 61.3. The van der Waals surface area contributed by atoms with E-state index in [0.717, 1.165) is 110 Å². The summed E-state index contributed by atoms with van der Waals surface area (Å²) in [6.07, 6.45) is 42.2. The van der Waals surface area contributed by atoms with E-state index in [1.54, 1.807) is 61.6 Å². The molecule has 0 radical (unpaired) electrons. The quantitative estimate of drug-likeness (QED) is 0.0282. The number of hydrogen-bond acceptors (Lipinski definition) is 13. The molecule has 1 aliphatic heterocycles. The minimum atomic E-state index is -0.163. The Balaban J connectivity index is 1.11. The van der Waals surface area contributed by atoms with Gasteiger partial charge in [-0.25, -0.2) is 19.9 Å². The molecule has 0 spiro atoms. The molecule has 0 saturated carbocycles. The topological polar surface area (TPSA) is 88.9 Å². The largest absolute Gasteiger partial charge is 0.274 e. The van der Waals surface area contributed by atoms with Crippen LogP contribution >= 0.6 is 79.4 Å². The van der Waals surface area contributed by atoms with Crippen molar-refractivity contribution in [2.24, 2.45) is 17.8 Å². The van der Waals surface area contributed by atoms with Crippen molar-refractivity contribution in [1.82, 2.24) is 24.8 Å². The zero-order valence-electron chi connectivity index (χ0n) is 52.0. The Morgan fingerprint density at radius 2 is 0.857 bits per heavy atom. The van der Waals surface area contributed by atoms with Crippen LogP contribution in [0.4, 0.5) is 0 Å². The van der Waals surface area contributed by atoms with E-state index in [1.165, 1.54) is 174 Å². The lowest BCUT2D eigenvalue weighted by Crippen LogP contribution is -2.34. The highest BCUT2D eigenvalue weighted by Crippen LogP contribution is 2.53. The molecule has 9 rings (SSSR count). The first kappa shape index (κ1) is 65.0. The van der Waals surface area contributed by atoms with Crippen LogP contribution in [0.3, 0.4) is 0 Å². The minimum Gasteiger partial charge on any atom is -0.274 e. The van der Waals surface area contributed by atoms with E-state index in [9.17, 15) is 9.59 Å². The number of hydrogen-bond donors (Lipinski definition) is 0. The number of aromatic nitrogens is 4. The summed E-state index contributed by atoms with van der Waals surface area (Å²) in [6, 6.07) is 9.43. The number of benzene rings is 1. The molecule has 14 heteroatoms. The number of unbranched alkanes of at least 4 members (excludes halogenated alkanes) is 17. The molecule has 3 unspecified atom stereocenters. The van der Waals surface area contributed by atoms with Crippen LogP contribution in [0.25, 0.3) is 71.1 Å². The van der Waals surface area contributed by atoms with Crippen molar-refractivity contribution in [2.75, 3.05) is 6.54 Å². The Hall–Kier alpha value is -3.50. The first-order valence-corrected chi connectivity index (χ1v) is 38.6. The Bertz CT molecular complexity index is 3220. The third-order valence-corrected chi connectivity index (χ3v) is 25.5. The molecular weight excluding hydrogens is 1170 g/mol. The average molecular weight is 1260 g/mol. The maximum atomic E-state index is 14.5. The summed E-state index contributed by atoms with van der Waals surface area (Å²) < 4.78 is 2.16. The van der Waals surface area contributed by atoms with Gasteiger partial charge >= 0.3 is 0 Å².